The molecule has 104 valence electrons. The number of rotatable bonds is 1. The summed E-state index contributed by atoms with van der Waals surface area (Å²) in [7, 11) is 0. The van der Waals surface area contributed by atoms with Crippen LogP contribution in [0.4, 0.5) is 4.79 Å². The van der Waals surface area contributed by atoms with Crippen LogP contribution >= 0.6 is 0 Å². The van der Waals surface area contributed by atoms with Gasteiger partial charge < -0.3 is 19.7 Å². The van der Waals surface area contributed by atoms with Gasteiger partial charge in [0.1, 0.15) is 11.4 Å². The number of carbonyl (C=O) groups is 1. The Morgan fingerprint density at radius 3 is 2.68 bits per heavy atom. The van der Waals surface area contributed by atoms with Crippen LogP contribution in [0.3, 0.4) is 0 Å². The Morgan fingerprint density at radius 2 is 2.16 bits per heavy atom. The fraction of sp³-hybridized carbons (Fsp3) is 0.583. The first-order chi connectivity index (χ1) is 8.74. The summed E-state index contributed by atoms with van der Waals surface area (Å²) in [6.45, 7) is 6.24. The molecule has 0 bridgehead atoms. The lowest BCUT2D eigenvalue weighted by Gasteiger charge is -2.38. The molecular weight excluding hydrogens is 250 g/mol. The summed E-state index contributed by atoms with van der Waals surface area (Å²) in [5, 5.41) is 9.25. The second kappa shape index (κ2) is 4.56. The number of H-pyrrole nitrogens is 1. The van der Waals surface area contributed by atoms with Crippen LogP contribution in [0.1, 0.15) is 32.5 Å². The van der Waals surface area contributed by atoms with Crippen molar-refractivity contribution in [2.75, 3.05) is 13.1 Å². The summed E-state index contributed by atoms with van der Waals surface area (Å²) >= 11 is 0. The Balaban J connectivity index is 1.96. The number of aromatic nitrogens is 2. The third-order valence-corrected chi connectivity index (χ3v) is 2.67. The molecule has 0 aliphatic carbocycles. The molecule has 7 nitrogen and oxygen atoms in total. The number of ether oxygens (including phenoxy) is 1. The number of nitrogens with one attached hydrogen (secondary N) is 1. The van der Waals surface area contributed by atoms with E-state index in [1.807, 2.05) is 0 Å². The van der Waals surface area contributed by atoms with Crippen LogP contribution in [0.5, 0.6) is 5.88 Å². The molecule has 1 amide bonds. The maximum atomic E-state index is 11.7. The summed E-state index contributed by atoms with van der Waals surface area (Å²) in [5.74, 6) is 0.00611. The number of amides is 1. The van der Waals surface area contributed by atoms with Crippen LogP contribution in [0.25, 0.3) is 0 Å². The molecule has 1 fully saturated rings. The van der Waals surface area contributed by atoms with E-state index in [0.717, 1.165) is 6.07 Å². The van der Waals surface area contributed by atoms with Gasteiger partial charge in [-0.05, 0) is 20.8 Å². The van der Waals surface area contributed by atoms with Crippen molar-refractivity contribution < 1.29 is 14.6 Å². The van der Waals surface area contributed by atoms with Crippen molar-refractivity contribution in [3.8, 4) is 5.88 Å². The molecular formula is C12H17N3O4. The van der Waals surface area contributed by atoms with Crippen molar-refractivity contribution in [3.05, 3.63) is 22.2 Å². The standard InChI is InChI=1S/C12H17N3O4/c1-12(2,3)19-11(18)15-5-7(6-15)10-13-8(16)4-9(17)14-10/h4,7H,5-6H2,1-3H3,(H2,13,14,16,17). The fourth-order valence-corrected chi connectivity index (χ4v) is 1.78. The molecule has 1 aliphatic rings. The van der Waals surface area contributed by atoms with Crippen molar-refractivity contribution in [2.24, 2.45) is 0 Å². The highest BCUT2D eigenvalue weighted by molar-refractivity contribution is 5.69. The minimum absolute atomic E-state index is 0.0766. The number of aromatic hydroxyl groups is 1. The molecule has 1 aliphatic heterocycles. The predicted molar refractivity (Wildman–Crippen MR) is 67.1 cm³/mol. The summed E-state index contributed by atoms with van der Waals surface area (Å²) in [6.07, 6.45) is -0.383. The first-order valence-electron chi connectivity index (χ1n) is 6.03. The Kier molecular flexibility index (Phi) is 3.21. The first-order valence-corrected chi connectivity index (χ1v) is 6.03. The SMILES string of the molecule is CC(C)(C)OC(=O)N1CC(c2nc(O)cc(=O)[nH]2)C1. The Labute approximate surface area is 110 Å². The number of nitrogens with zero attached hydrogens (tertiary/aromatic N) is 2. The number of likely N-dealkylation sites (tertiary alicyclic amines) is 1. The Bertz CT molecular complexity index is 541. The Hall–Kier alpha value is -2.05. The molecule has 19 heavy (non-hydrogen) atoms. The van der Waals surface area contributed by atoms with Crippen molar-refractivity contribution in [3.63, 3.8) is 0 Å². The van der Waals surface area contributed by atoms with Gasteiger partial charge in [0.25, 0.3) is 5.56 Å². The van der Waals surface area contributed by atoms with Gasteiger partial charge in [-0.2, -0.15) is 4.98 Å². The summed E-state index contributed by atoms with van der Waals surface area (Å²) in [6, 6.07) is 1.01. The molecule has 0 radical (unpaired) electrons. The van der Waals surface area contributed by atoms with Crippen LogP contribution in [-0.2, 0) is 4.74 Å². The van der Waals surface area contributed by atoms with E-state index in [1.165, 1.54) is 4.90 Å². The van der Waals surface area contributed by atoms with Crippen LogP contribution in [0, 0.1) is 0 Å². The van der Waals surface area contributed by atoms with Crippen LogP contribution in [0.15, 0.2) is 10.9 Å². The molecule has 0 unspecified atom stereocenters. The highest BCUT2D eigenvalue weighted by Gasteiger charge is 2.36. The molecule has 1 aromatic heterocycles. The third-order valence-electron chi connectivity index (χ3n) is 2.67. The fourth-order valence-electron chi connectivity index (χ4n) is 1.78. The van der Waals surface area contributed by atoms with Gasteiger partial charge in [0.15, 0.2) is 0 Å². The van der Waals surface area contributed by atoms with Gasteiger partial charge in [0, 0.05) is 13.1 Å². The van der Waals surface area contributed by atoms with E-state index in [2.05, 4.69) is 9.97 Å². The monoisotopic (exact) mass is 267 g/mol. The molecule has 2 heterocycles. The molecule has 2 N–H and O–H groups in total. The van der Waals surface area contributed by atoms with E-state index in [9.17, 15) is 14.7 Å². The molecule has 1 aromatic rings. The second-order valence-corrected chi connectivity index (χ2v) is 5.57. The van der Waals surface area contributed by atoms with Gasteiger partial charge in [0.05, 0.1) is 12.0 Å². The molecule has 2 rings (SSSR count). The van der Waals surface area contributed by atoms with E-state index in [4.69, 9.17) is 4.74 Å². The highest BCUT2D eigenvalue weighted by atomic mass is 16.6. The second-order valence-electron chi connectivity index (χ2n) is 5.57. The zero-order chi connectivity index (χ0) is 14.2. The van der Waals surface area contributed by atoms with Crippen LogP contribution in [0.2, 0.25) is 0 Å². The van der Waals surface area contributed by atoms with Crippen molar-refractivity contribution in [1.82, 2.24) is 14.9 Å². The smallest absolute Gasteiger partial charge is 0.410 e. The van der Waals surface area contributed by atoms with E-state index < -0.39 is 11.2 Å². The molecule has 7 heteroatoms. The lowest BCUT2D eigenvalue weighted by atomic mass is 10.00. The topological polar surface area (TPSA) is 95.5 Å². The molecule has 0 atom stereocenters. The lowest BCUT2D eigenvalue weighted by molar-refractivity contribution is 0.00748. The predicted octanol–water partition coefficient (Wildman–Crippen LogP) is 0.810. The van der Waals surface area contributed by atoms with E-state index >= 15 is 0 Å². The number of aromatic amines is 1. The van der Waals surface area contributed by atoms with Gasteiger partial charge in [-0.15, -0.1) is 0 Å². The summed E-state index contributed by atoms with van der Waals surface area (Å²) < 4.78 is 5.22. The van der Waals surface area contributed by atoms with E-state index in [-0.39, 0.29) is 17.9 Å². The lowest BCUT2D eigenvalue weighted by Crippen LogP contribution is -2.50. The zero-order valence-corrected chi connectivity index (χ0v) is 11.1. The van der Waals surface area contributed by atoms with Crippen molar-refractivity contribution in [1.29, 1.82) is 0 Å². The van der Waals surface area contributed by atoms with Gasteiger partial charge in [-0.25, -0.2) is 4.79 Å². The highest BCUT2D eigenvalue weighted by Crippen LogP contribution is 2.26. The quantitative estimate of drug-likeness (QED) is 0.785. The maximum absolute atomic E-state index is 11.7. The van der Waals surface area contributed by atoms with Gasteiger partial charge in [-0.1, -0.05) is 0 Å². The minimum atomic E-state index is -0.528. The van der Waals surface area contributed by atoms with E-state index in [1.54, 1.807) is 20.8 Å². The molecule has 1 saturated heterocycles. The van der Waals surface area contributed by atoms with Crippen LogP contribution in [-0.4, -0.2) is 44.8 Å². The Morgan fingerprint density at radius 1 is 1.53 bits per heavy atom. The number of hydrogen-bond donors (Lipinski definition) is 2. The van der Waals surface area contributed by atoms with Crippen molar-refractivity contribution >= 4 is 6.09 Å². The molecule has 0 aromatic carbocycles. The average molecular weight is 267 g/mol. The van der Waals surface area contributed by atoms with Gasteiger partial charge in [0.2, 0.25) is 5.88 Å². The largest absolute Gasteiger partial charge is 0.493 e. The van der Waals surface area contributed by atoms with Gasteiger partial charge >= 0.3 is 6.09 Å². The summed E-state index contributed by atoms with van der Waals surface area (Å²) in [4.78, 5) is 30.8. The normalized spacial score (nSPS) is 16.1. The maximum Gasteiger partial charge on any atom is 0.410 e. The number of carbonyl (C=O) groups excluding carboxylic acids is 1. The number of hydrogen-bond acceptors (Lipinski definition) is 5. The van der Waals surface area contributed by atoms with E-state index in [0.29, 0.717) is 18.9 Å². The van der Waals surface area contributed by atoms with Crippen LogP contribution < -0.4 is 5.56 Å². The molecule has 0 saturated carbocycles. The summed E-state index contributed by atoms with van der Waals surface area (Å²) in [5.41, 5.74) is -0.932. The van der Waals surface area contributed by atoms with Crippen molar-refractivity contribution in [2.45, 2.75) is 32.3 Å². The average Bonchev–Trinajstić information content (AvgIpc) is 2.09. The first kappa shape index (κ1) is 13.4. The zero-order valence-electron chi connectivity index (χ0n) is 11.1. The molecule has 0 spiro atoms. The third kappa shape index (κ3) is 3.24. The minimum Gasteiger partial charge on any atom is -0.493 e. The van der Waals surface area contributed by atoms with Gasteiger partial charge in [-0.3, -0.25) is 4.79 Å².